The van der Waals surface area contributed by atoms with Crippen LogP contribution in [0.1, 0.15) is 43.0 Å². The molecule has 0 amide bonds. The summed E-state index contributed by atoms with van der Waals surface area (Å²) in [5, 5.41) is 3.47. The van der Waals surface area contributed by atoms with Gasteiger partial charge in [0.05, 0.1) is 12.2 Å². The maximum absolute atomic E-state index is 4.67. The second-order valence-corrected chi connectivity index (χ2v) is 6.23. The molecule has 0 aliphatic carbocycles. The number of aromatic nitrogens is 4. The van der Waals surface area contributed by atoms with E-state index in [0.717, 1.165) is 49.3 Å². The Labute approximate surface area is 138 Å². The Bertz CT molecular complexity index is 644. The summed E-state index contributed by atoms with van der Waals surface area (Å²) in [6.07, 6.45) is 6.30. The van der Waals surface area contributed by atoms with Gasteiger partial charge in [0.15, 0.2) is 0 Å². The maximum atomic E-state index is 4.67. The smallest absolute Gasteiger partial charge is 0.132 e. The molecule has 2 aromatic heterocycles. The summed E-state index contributed by atoms with van der Waals surface area (Å²) in [4.78, 5) is 15.9. The lowest BCUT2D eigenvalue weighted by molar-refractivity contribution is 0.453. The van der Waals surface area contributed by atoms with E-state index in [9.17, 15) is 0 Å². The minimum absolute atomic E-state index is 0.496. The standard InChI is InChI=1S/C17H26N6/c1-4-23-9-8-19-17(23)12-22(3)16-10-15(20-13(2)21-16)14-6-5-7-18-11-14/h8-10,14,18H,4-7,11-12H2,1-3H3/t14-/m0/s1. The maximum Gasteiger partial charge on any atom is 0.132 e. The third-order valence-corrected chi connectivity index (χ3v) is 4.47. The van der Waals surface area contributed by atoms with Gasteiger partial charge in [-0.15, -0.1) is 0 Å². The molecule has 0 aromatic carbocycles. The zero-order valence-electron chi connectivity index (χ0n) is 14.3. The Hall–Kier alpha value is -1.95. The van der Waals surface area contributed by atoms with Gasteiger partial charge >= 0.3 is 0 Å². The summed E-state index contributed by atoms with van der Waals surface area (Å²) in [7, 11) is 2.07. The highest BCUT2D eigenvalue weighted by molar-refractivity contribution is 5.40. The SMILES string of the molecule is CCn1ccnc1CN(C)c1cc([C@H]2CCCNC2)nc(C)n1. The van der Waals surface area contributed by atoms with Crippen LogP contribution in [0, 0.1) is 6.92 Å². The summed E-state index contributed by atoms with van der Waals surface area (Å²) in [5.41, 5.74) is 1.16. The number of piperidine rings is 1. The lowest BCUT2D eigenvalue weighted by Crippen LogP contribution is -2.29. The second-order valence-electron chi connectivity index (χ2n) is 6.23. The zero-order valence-corrected chi connectivity index (χ0v) is 14.3. The van der Waals surface area contributed by atoms with Crippen molar-refractivity contribution in [1.29, 1.82) is 0 Å². The van der Waals surface area contributed by atoms with Gasteiger partial charge in [-0.1, -0.05) is 0 Å². The fourth-order valence-corrected chi connectivity index (χ4v) is 3.16. The van der Waals surface area contributed by atoms with Crippen LogP contribution in [-0.2, 0) is 13.1 Å². The summed E-state index contributed by atoms with van der Waals surface area (Å²) < 4.78 is 2.16. The van der Waals surface area contributed by atoms with Crippen molar-refractivity contribution >= 4 is 5.82 Å². The first-order chi connectivity index (χ1) is 11.2. The molecule has 3 rings (SSSR count). The van der Waals surface area contributed by atoms with Crippen LogP contribution in [0.15, 0.2) is 18.5 Å². The van der Waals surface area contributed by atoms with E-state index in [4.69, 9.17) is 0 Å². The molecule has 1 N–H and O–H groups in total. The van der Waals surface area contributed by atoms with Crippen LogP contribution in [0.3, 0.4) is 0 Å². The highest BCUT2D eigenvalue weighted by Crippen LogP contribution is 2.24. The third kappa shape index (κ3) is 3.69. The van der Waals surface area contributed by atoms with Crippen molar-refractivity contribution in [3.05, 3.63) is 35.8 Å². The summed E-state index contributed by atoms with van der Waals surface area (Å²) in [6.45, 7) is 7.93. The van der Waals surface area contributed by atoms with E-state index < -0.39 is 0 Å². The van der Waals surface area contributed by atoms with Crippen LogP contribution in [0.5, 0.6) is 0 Å². The van der Waals surface area contributed by atoms with Crippen LogP contribution in [0.2, 0.25) is 0 Å². The number of nitrogens with one attached hydrogen (secondary N) is 1. The molecular weight excluding hydrogens is 288 g/mol. The minimum atomic E-state index is 0.496. The van der Waals surface area contributed by atoms with Gasteiger partial charge in [0, 0.05) is 44.5 Å². The largest absolute Gasteiger partial charge is 0.352 e. The Morgan fingerprint density at radius 3 is 3.00 bits per heavy atom. The van der Waals surface area contributed by atoms with Gasteiger partial charge < -0.3 is 14.8 Å². The first kappa shape index (κ1) is 15.9. The van der Waals surface area contributed by atoms with Gasteiger partial charge in [-0.3, -0.25) is 0 Å². The third-order valence-electron chi connectivity index (χ3n) is 4.47. The van der Waals surface area contributed by atoms with Gasteiger partial charge in [-0.25, -0.2) is 15.0 Å². The molecule has 2 aromatic rings. The van der Waals surface area contributed by atoms with Crippen molar-refractivity contribution in [3.63, 3.8) is 0 Å². The molecule has 0 bridgehead atoms. The summed E-state index contributed by atoms with van der Waals surface area (Å²) >= 11 is 0. The normalized spacial score (nSPS) is 18.1. The van der Waals surface area contributed by atoms with Crippen molar-refractivity contribution in [2.75, 3.05) is 25.0 Å². The fraction of sp³-hybridized carbons (Fsp3) is 0.588. The molecule has 1 aliphatic heterocycles. The van der Waals surface area contributed by atoms with Crippen molar-refractivity contribution in [1.82, 2.24) is 24.8 Å². The van der Waals surface area contributed by atoms with Crippen LogP contribution in [0.25, 0.3) is 0 Å². The molecule has 3 heterocycles. The minimum Gasteiger partial charge on any atom is -0.352 e. The fourth-order valence-electron chi connectivity index (χ4n) is 3.16. The van der Waals surface area contributed by atoms with Crippen molar-refractivity contribution in [3.8, 4) is 0 Å². The quantitative estimate of drug-likeness (QED) is 0.916. The van der Waals surface area contributed by atoms with Gasteiger partial charge in [0.1, 0.15) is 17.5 Å². The van der Waals surface area contributed by atoms with Gasteiger partial charge in [0.2, 0.25) is 0 Å². The molecule has 1 aliphatic rings. The monoisotopic (exact) mass is 314 g/mol. The molecule has 0 saturated carbocycles. The average molecular weight is 314 g/mol. The van der Waals surface area contributed by atoms with Gasteiger partial charge in [-0.2, -0.15) is 0 Å². The van der Waals surface area contributed by atoms with Crippen molar-refractivity contribution in [2.24, 2.45) is 0 Å². The molecule has 0 radical (unpaired) electrons. The summed E-state index contributed by atoms with van der Waals surface area (Å²) in [6, 6.07) is 2.14. The number of rotatable bonds is 5. The van der Waals surface area contributed by atoms with E-state index in [1.807, 2.05) is 19.3 Å². The van der Waals surface area contributed by atoms with Gasteiger partial charge in [0.25, 0.3) is 0 Å². The molecular formula is C17H26N6. The van der Waals surface area contributed by atoms with E-state index in [1.54, 1.807) is 0 Å². The van der Waals surface area contributed by atoms with Crippen LogP contribution < -0.4 is 10.2 Å². The average Bonchev–Trinajstić information content (AvgIpc) is 3.02. The molecule has 6 heteroatoms. The number of nitrogens with zero attached hydrogens (tertiary/aromatic N) is 5. The van der Waals surface area contributed by atoms with E-state index in [1.165, 1.54) is 12.8 Å². The predicted molar refractivity (Wildman–Crippen MR) is 91.6 cm³/mol. The van der Waals surface area contributed by atoms with Crippen molar-refractivity contribution in [2.45, 2.75) is 45.7 Å². The number of aryl methyl sites for hydroxylation is 2. The highest BCUT2D eigenvalue weighted by atomic mass is 15.2. The first-order valence-corrected chi connectivity index (χ1v) is 8.44. The number of anilines is 1. The topological polar surface area (TPSA) is 58.9 Å². The molecule has 0 unspecified atom stereocenters. The Balaban J connectivity index is 1.79. The second kappa shape index (κ2) is 7.08. The van der Waals surface area contributed by atoms with Crippen LogP contribution >= 0.6 is 0 Å². The Morgan fingerprint density at radius 1 is 1.39 bits per heavy atom. The lowest BCUT2D eigenvalue weighted by Gasteiger charge is -2.24. The lowest BCUT2D eigenvalue weighted by atomic mass is 9.96. The van der Waals surface area contributed by atoms with Crippen LogP contribution in [-0.4, -0.2) is 39.7 Å². The molecule has 1 atom stereocenters. The molecule has 124 valence electrons. The number of imidazole rings is 1. The number of hydrogen-bond acceptors (Lipinski definition) is 5. The first-order valence-electron chi connectivity index (χ1n) is 8.44. The molecule has 6 nitrogen and oxygen atoms in total. The molecule has 23 heavy (non-hydrogen) atoms. The van der Waals surface area contributed by atoms with Crippen LogP contribution in [0.4, 0.5) is 5.82 Å². The Morgan fingerprint density at radius 2 is 2.26 bits per heavy atom. The summed E-state index contributed by atoms with van der Waals surface area (Å²) in [5.74, 6) is 3.37. The van der Waals surface area contributed by atoms with E-state index in [-0.39, 0.29) is 0 Å². The molecule has 0 spiro atoms. The molecule has 1 fully saturated rings. The Kier molecular flexibility index (Phi) is 4.91. The van der Waals surface area contributed by atoms with Gasteiger partial charge in [-0.05, 0) is 33.2 Å². The van der Waals surface area contributed by atoms with E-state index in [2.05, 4.69) is 49.8 Å². The van der Waals surface area contributed by atoms with Crippen molar-refractivity contribution < 1.29 is 0 Å². The van der Waals surface area contributed by atoms with E-state index >= 15 is 0 Å². The number of hydrogen-bond donors (Lipinski definition) is 1. The molecule has 1 saturated heterocycles. The zero-order chi connectivity index (χ0) is 16.2. The van der Waals surface area contributed by atoms with E-state index in [0.29, 0.717) is 5.92 Å². The predicted octanol–water partition coefficient (Wildman–Crippen LogP) is 2.10. The highest BCUT2D eigenvalue weighted by Gasteiger charge is 2.19.